The van der Waals surface area contributed by atoms with Gasteiger partial charge in [-0.15, -0.1) is 6.58 Å². The fourth-order valence-electron chi connectivity index (χ4n) is 2.75. The maximum atomic E-state index is 11.7. The predicted molar refractivity (Wildman–Crippen MR) is 97.3 cm³/mol. The Morgan fingerprint density at radius 2 is 1.41 bits per heavy atom. The lowest BCUT2D eigenvalue weighted by atomic mass is 9.98. The second-order valence-corrected chi connectivity index (χ2v) is 6.37. The van der Waals surface area contributed by atoms with Crippen molar-refractivity contribution < 1.29 is 47.6 Å². The summed E-state index contributed by atoms with van der Waals surface area (Å²) in [5.41, 5.74) is 0. The lowest BCUT2D eigenvalue weighted by Crippen LogP contribution is -2.63. The van der Waals surface area contributed by atoms with E-state index in [2.05, 4.69) is 6.58 Å². The van der Waals surface area contributed by atoms with Gasteiger partial charge < -0.3 is 28.4 Å². The molecule has 0 amide bonds. The Hall–Kier alpha value is -2.46. The van der Waals surface area contributed by atoms with Gasteiger partial charge in [0.25, 0.3) is 0 Å². The van der Waals surface area contributed by atoms with Gasteiger partial charge in [-0.25, -0.2) is 0 Å². The minimum Gasteiger partial charge on any atom is -0.463 e. The highest BCUT2D eigenvalue weighted by molar-refractivity contribution is 5.68. The Morgan fingerprint density at radius 3 is 1.93 bits per heavy atom. The average Bonchev–Trinajstić information content (AvgIpc) is 2.60. The van der Waals surface area contributed by atoms with E-state index in [-0.39, 0.29) is 13.2 Å². The number of carbonyl (C=O) groups excluding carboxylic acids is 4. The summed E-state index contributed by atoms with van der Waals surface area (Å²) in [6.45, 7) is 8.27. The minimum atomic E-state index is -1.22. The molecule has 0 aromatic carbocycles. The van der Waals surface area contributed by atoms with Crippen LogP contribution in [0.25, 0.3) is 0 Å². The van der Waals surface area contributed by atoms with Gasteiger partial charge in [0.05, 0.1) is 6.61 Å². The van der Waals surface area contributed by atoms with Gasteiger partial charge in [-0.1, -0.05) is 6.08 Å². The first kappa shape index (κ1) is 24.6. The molecule has 1 saturated heterocycles. The van der Waals surface area contributed by atoms with E-state index in [1.807, 2.05) is 0 Å². The van der Waals surface area contributed by atoms with Gasteiger partial charge in [0.2, 0.25) is 0 Å². The molecule has 10 nitrogen and oxygen atoms in total. The second-order valence-electron chi connectivity index (χ2n) is 6.37. The zero-order valence-corrected chi connectivity index (χ0v) is 17.1. The van der Waals surface area contributed by atoms with Crippen LogP contribution in [-0.4, -0.2) is 67.8 Å². The quantitative estimate of drug-likeness (QED) is 0.221. The van der Waals surface area contributed by atoms with E-state index in [1.54, 1.807) is 6.08 Å². The molecular weight excluding hydrogens is 388 g/mol. The minimum absolute atomic E-state index is 0.236. The Morgan fingerprint density at radius 1 is 0.862 bits per heavy atom. The molecule has 0 N–H and O–H groups in total. The smallest absolute Gasteiger partial charge is 0.303 e. The molecular formula is C19H28O10. The van der Waals surface area contributed by atoms with Crippen LogP contribution in [0.5, 0.6) is 0 Å². The molecule has 1 heterocycles. The van der Waals surface area contributed by atoms with Crippen LogP contribution in [0.4, 0.5) is 0 Å². The number of hydrogen-bond acceptors (Lipinski definition) is 10. The maximum Gasteiger partial charge on any atom is 0.303 e. The summed E-state index contributed by atoms with van der Waals surface area (Å²) in [5.74, 6) is -2.63. The van der Waals surface area contributed by atoms with Gasteiger partial charge in [0.1, 0.15) is 12.7 Å². The first-order valence-corrected chi connectivity index (χ1v) is 9.18. The molecule has 0 radical (unpaired) electrons. The third kappa shape index (κ3) is 8.61. The molecule has 1 unspecified atom stereocenters. The van der Waals surface area contributed by atoms with E-state index in [1.165, 1.54) is 13.8 Å². The third-order valence-corrected chi connectivity index (χ3v) is 3.78. The summed E-state index contributed by atoms with van der Waals surface area (Å²) in [6, 6.07) is 0. The van der Waals surface area contributed by atoms with Crippen LogP contribution < -0.4 is 0 Å². The van der Waals surface area contributed by atoms with Gasteiger partial charge in [-0.05, 0) is 12.8 Å². The topological polar surface area (TPSA) is 124 Å². The van der Waals surface area contributed by atoms with Crippen LogP contribution >= 0.6 is 0 Å². The summed E-state index contributed by atoms with van der Waals surface area (Å²) < 4.78 is 32.3. The largest absolute Gasteiger partial charge is 0.463 e. The predicted octanol–water partition coefficient (Wildman–Crippen LogP) is 1.05. The van der Waals surface area contributed by atoms with Crippen molar-refractivity contribution in [3.63, 3.8) is 0 Å². The fourth-order valence-corrected chi connectivity index (χ4v) is 2.75. The Labute approximate surface area is 169 Å². The van der Waals surface area contributed by atoms with Gasteiger partial charge in [-0.2, -0.15) is 0 Å². The Kier molecular flexibility index (Phi) is 10.3. The number of carbonyl (C=O) groups is 4. The molecule has 0 aromatic rings. The molecule has 1 aliphatic rings. The summed E-state index contributed by atoms with van der Waals surface area (Å²) in [7, 11) is 0. The average molecular weight is 416 g/mol. The van der Waals surface area contributed by atoms with Gasteiger partial charge in [0, 0.05) is 27.7 Å². The molecule has 5 atom stereocenters. The van der Waals surface area contributed by atoms with Crippen LogP contribution in [-0.2, 0) is 47.6 Å². The molecule has 0 aromatic heterocycles. The summed E-state index contributed by atoms with van der Waals surface area (Å²) in [4.78, 5) is 46.1. The Bertz CT molecular complexity index is 602. The summed E-state index contributed by atoms with van der Waals surface area (Å²) in [5, 5.41) is 0. The molecule has 1 rings (SSSR count). The lowest BCUT2D eigenvalue weighted by molar-refractivity contribution is -0.308. The molecule has 29 heavy (non-hydrogen) atoms. The molecule has 1 fully saturated rings. The molecule has 1 aliphatic heterocycles. The van der Waals surface area contributed by atoms with E-state index in [0.29, 0.717) is 12.8 Å². The van der Waals surface area contributed by atoms with E-state index in [9.17, 15) is 19.2 Å². The van der Waals surface area contributed by atoms with E-state index in [4.69, 9.17) is 28.4 Å². The number of rotatable bonds is 10. The van der Waals surface area contributed by atoms with Crippen LogP contribution in [0.1, 0.15) is 40.5 Å². The maximum absolute atomic E-state index is 11.7. The number of unbranched alkanes of at least 4 members (excludes halogenated alkanes) is 1. The highest BCUT2D eigenvalue weighted by Gasteiger charge is 2.52. The standard InChI is InChI=1S/C19H28O10/c1-6-7-8-9-24-19-18(28-14(5)23)17(27-13(4)22)16(26-12(3)21)15(29-19)10-25-11(2)20/h6,15-19H,1,7-10H2,2-5H3/t15-,16+,17+,18-,19?/m1/s1. The zero-order valence-electron chi connectivity index (χ0n) is 17.1. The monoisotopic (exact) mass is 416 g/mol. The normalized spacial score (nSPS) is 26.1. The first-order chi connectivity index (χ1) is 13.6. The van der Waals surface area contributed by atoms with Crippen molar-refractivity contribution in [2.24, 2.45) is 0 Å². The molecule has 164 valence electrons. The molecule has 0 spiro atoms. The number of esters is 4. The Balaban J connectivity index is 3.19. The van der Waals surface area contributed by atoms with Crippen LogP contribution in [0.2, 0.25) is 0 Å². The van der Waals surface area contributed by atoms with Crippen molar-refractivity contribution in [1.82, 2.24) is 0 Å². The van der Waals surface area contributed by atoms with Crippen molar-refractivity contribution in [2.45, 2.75) is 71.2 Å². The number of ether oxygens (including phenoxy) is 6. The van der Waals surface area contributed by atoms with Gasteiger partial charge >= 0.3 is 23.9 Å². The third-order valence-electron chi connectivity index (χ3n) is 3.78. The van der Waals surface area contributed by atoms with Crippen molar-refractivity contribution in [2.75, 3.05) is 13.2 Å². The van der Waals surface area contributed by atoms with Gasteiger partial charge in [0.15, 0.2) is 24.6 Å². The number of allylic oxidation sites excluding steroid dienone is 1. The van der Waals surface area contributed by atoms with Crippen LogP contribution in [0.3, 0.4) is 0 Å². The lowest BCUT2D eigenvalue weighted by Gasteiger charge is -2.44. The van der Waals surface area contributed by atoms with Crippen molar-refractivity contribution in [1.29, 1.82) is 0 Å². The highest BCUT2D eigenvalue weighted by atomic mass is 16.7. The first-order valence-electron chi connectivity index (χ1n) is 9.18. The van der Waals surface area contributed by atoms with Crippen molar-refractivity contribution >= 4 is 23.9 Å². The zero-order chi connectivity index (χ0) is 22.0. The van der Waals surface area contributed by atoms with E-state index >= 15 is 0 Å². The fraction of sp³-hybridized carbons (Fsp3) is 0.684. The number of hydrogen-bond donors (Lipinski definition) is 0. The SMILES string of the molecule is C=CCCCOC1O[C@H](COC(C)=O)[C@H](OC(C)=O)[C@H](OC(C)=O)[C@H]1OC(C)=O. The second kappa shape index (κ2) is 12.2. The van der Waals surface area contributed by atoms with Crippen molar-refractivity contribution in [3.05, 3.63) is 12.7 Å². The van der Waals surface area contributed by atoms with Crippen molar-refractivity contribution in [3.8, 4) is 0 Å². The summed E-state index contributed by atoms with van der Waals surface area (Å²) in [6.07, 6.45) is -2.73. The van der Waals surface area contributed by atoms with Crippen LogP contribution in [0, 0.1) is 0 Å². The molecule has 0 bridgehead atoms. The summed E-state index contributed by atoms with van der Waals surface area (Å²) >= 11 is 0. The highest BCUT2D eigenvalue weighted by Crippen LogP contribution is 2.30. The molecule has 0 saturated carbocycles. The van der Waals surface area contributed by atoms with E-state index < -0.39 is 54.6 Å². The van der Waals surface area contributed by atoms with E-state index in [0.717, 1.165) is 13.8 Å². The molecule has 10 heteroatoms. The van der Waals surface area contributed by atoms with Gasteiger partial charge in [-0.3, -0.25) is 19.2 Å². The molecule has 0 aliphatic carbocycles. The van der Waals surface area contributed by atoms with Crippen LogP contribution in [0.15, 0.2) is 12.7 Å².